The van der Waals surface area contributed by atoms with Crippen LogP contribution in [0.4, 0.5) is 0 Å². The average molecular weight is 273 g/mol. The van der Waals surface area contributed by atoms with Gasteiger partial charge in [0.15, 0.2) is 0 Å². The zero-order valence-corrected chi connectivity index (χ0v) is 12.2. The lowest BCUT2D eigenvalue weighted by Gasteiger charge is -2.21. The maximum absolute atomic E-state index is 8.89. The molecule has 20 heavy (non-hydrogen) atoms. The molecule has 0 amide bonds. The second-order valence-corrected chi connectivity index (χ2v) is 5.30. The summed E-state index contributed by atoms with van der Waals surface area (Å²) in [6.07, 6.45) is 1.93. The van der Waals surface area contributed by atoms with Crippen molar-refractivity contribution in [2.75, 3.05) is 26.7 Å². The lowest BCUT2D eigenvalue weighted by atomic mass is 10.1. The zero-order valence-electron chi connectivity index (χ0n) is 12.2. The fraction of sp³-hybridized carbons (Fsp3) is 0.438. The first-order chi connectivity index (χ1) is 9.69. The van der Waals surface area contributed by atoms with Crippen LogP contribution in [0.25, 0.3) is 10.9 Å². The fourth-order valence-corrected chi connectivity index (χ4v) is 2.30. The van der Waals surface area contributed by atoms with Crippen LogP contribution in [0.1, 0.15) is 12.5 Å². The number of aromatic nitrogens is 1. The third-order valence-electron chi connectivity index (χ3n) is 3.37. The summed E-state index contributed by atoms with van der Waals surface area (Å²) in [5.41, 5.74) is 2.23. The van der Waals surface area contributed by atoms with E-state index >= 15 is 0 Å². The van der Waals surface area contributed by atoms with Crippen LogP contribution in [-0.2, 0) is 6.54 Å². The van der Waals surface area contributed by atoms with Crippen LogP contribution in [0.15, 0.2) is 36.5 Å². The summed E-state index contributed by atoms with van der Waals surface area (Å²) in [4.78, 5) is 6.59. The van der Waals surface area contributed by atoms with Crippen LogP contribution in [0.5, 0.6) is 0 Å². The molecule has 0 radical (unpaired) electrons. The number of aliphatic hydroxyl groups is 1. The van der Waals surface area contributed by atoms with Gasteiger partial charge in [-0.15, -0.1) is 0 Å². The number of pyridine rings is 1. The molecule has 1 aromatic carbocycles. The molecule has 108 valence electrons. The van der Waals surface area contributed by atoms with E-state index in [-0.39, 0.29) is 6.61 Å². The molecule has 0 aliphatic rings. The van der Waals surface area contributed by atoms with Crippen LogP contribution in [-0.4, -0.2) is 47.8 Å². The van der Waals surface area contributed by atoms with E-state index in [4.69, 9.17) is 5.11 Å². The molecule has 0 aliphatic heterocycles. The van der Waals surface area contributed by atoms with Crippen LogP contribution < -0.4 is 5.32 Å². The maximum Gasteiger partial charge on any atom is 0.0702 e. The topological polar surface area (TPSA) is 48.4 Å². The summed E-state index contributed by atoms with van der Waals surface area (Å²) in [5, 5.41) is 13.6. The molecule has 0 fully saturated rings. The van der Waals surface area contributed by atoms with Crippen molar-refractivity contribution < 1.29 is 5.11 Å². The summed E-state index contributed by atoms with van der Waals surface area (Å²) in [7, 11) is 2.02. The summed E-state index contributed by atoms with van der Waals surface area (Å²) >= 11 is 0. The highest BCUT2D eigenvalue weighted by Crippen LogP contribution is 2.12. The maximum atomic E-state index is 8.89. The number of hydrogen-bond donors (Lipinski definition) is 2. The zero-order chi connectivity index (χ0) is 14.4. The minimum Gasteiger partial charge on any atom is -0.395 e. The van der Waals surface area contributed by atoms with E-state index in [9.17, 15) is 0 Å². The Labute approximate surface area is 120 Å². The first kappa shape index (κ1) is 14.9. The highest BCUT2D eigenvalue weighted by atomic mass is 16.3. The number of fused-ring (bicyclic) bond motifs is 1. The van der Waals surface area contributed by atoms with E-state index in [1.165, 1.54) is 10.9 Å². The lowest BCUT2D eigenvalue weighted by molar-refractivity contribution is 0.210. The minimum atomic E-state index is 0.206. The van der Waals surface area contributed by atoms with Gasteiger partial charge in [0.25, 0.3) is 0 Å². The third-order valence-corrected chi connectivity index (χ3v) is 3.37. The van der Waals surface area contributed by atoms with Crippen molar-refractivity contribution in [3.63, 3.8) is 0 Å². The Morgan fingerprint density at radius 2 is 2.15 bits per heavy atom. The van der Waals surface area contributed by atoms with Crippen molar-refractivity contribution >= 4 is 10.9 Å². The predicted octanol–water partition coefficient (Wildman–Crippen LogP) is 1.64. The van der Waals surface area contributed by atoms with Gasteiger partial charge in [0.1, 0.15) is 0 Å². The standard InChI is InChI=1S/C16H23N3O/c1-13(12-19(2)7-8-20)17-10-14-9-15-5-3-4-6-16(15)18-11-14/h3-6,9,11,13,17,20H,7-8,10,12H2,1-2H3/t13-/m1/s1. The van der Waals surface area contributed by atoms with E-state index in [0.717, 1.165) is 18.6 Å². The Bertz CT molecular complexity index is 544. The molecule has 0 unspecified atom stereocenters. The molecule has 1 heterocycles. The van der Waals surface area contributed by atoms with Gasteiger partial charge in [-0.2, -0.15) is 0 Å². The largest absolute Gasteiger partial charge is 0.395 e. The van der Waals surface area contributed by atoms with E-state index in [0.29, 0.717) is 12.6 Å². The van der Waals surface area contributed by atoms with Crippen LogP contribution >= 0.6 is 0 Å². The molecule has 1 aromatic heterocycles. The van der Waals surface area contributed by atoms with Gasteiger partial charge in [0.05, 0.1) is 12.1 Å². The van der Waals surface area contributed by atoms with E-state index in [1.54, 1.807) is 0 Å². The molecule has 0 aliphatic carbocycles. The third kappa shape index (κ3) is 4.27. The molecule has 0 saturated carbocycles. The quantitative estimate of drug-likeness (QED) is 0.805. The van der Waals surface area contributed by atoms with E-state index in [2.05, 4.69) is 34.3 Å². The Morgan fingerprint density at radius 1 is 1.35 bits per heavy atom. The van der Waals surface area contributed by atoms with Gasteiger partial charge in [-0.05, 0) is 31.7 Å². The Kier molecular flexibility index (Phi) is 5.47. The first-order valence-electron chi connectivity index (χ1n) is 7.05. The van der Waals surface area contributed by atoms with E-state index in [1.807, 2.05) is 31.4 Å². The van der Waals surface area contributed by atoms with Crippen LogP contribution in [0.2, 0.25) is 0 Å². The molecule has 4 nitrogen and oxygen atoms in total. The number of aliphatic hydroxyl groups excluding tert-OH is 1. The monoisotopic (exact) mass is 273 g/mol. The molecule has 1 atom stereocenters. The number of para-hydroxylation sites is 1. The molecular formula is C16H23N3O. The van der Waals surface area contributed by atoms with Crippen molar-refractivity contribution in [2.24, 2.45) is 0 Å². The fourth-order valence-electron chi connectivity index (χ4n) is 2.30. The normalized spacial score (nSPS) is 13.0. The lowest BCUT2D eigenvalue weighted by Crippen LogP contribution is -2.38. The molecule has 0 bridgehead atoms. The smallest absolute Gasteiger partial charge is 0.0702 e. The van der Waals surface area contributed by atoms with E-state index < -0.39 is 0 Å². The van der Waals surface area contributed by atoms with Gasteiger partial charge >= 0.3 is 0 Å². The second-order valence-electron chi connectivity index (χ2n) is 5.30. The van der Waals surface area contributed by atoms with Gasteiger partial charge < -0.3 is 15.3 Å². The van der Waals surface area contributed by atoms with Crippen molar-refractivity contribution in [2.45, 2.75) is 19.5 Å². The summed E-state index contributed by atoms with van der Waals surface area (Å²) in [6.45, 7) is 4.80. The SMILES string of the molecule is C[C@H](CN(C)CCO)NCc1cnc2ccccc2c1. The molecule has 2 rings (SSSR count). The average Bonchev–Trinajstić information content (AvgIpc) is 2.45. The van der Waals surface area contributed by atoms with Gasteiger partial charge in [-0.3, -0.25) is 4.98 Å². The van der Waals surface area contributed by atoms with Gasteiger partial charge in [-0.25, -0.2) is 0 Å². The predicted molar refractivity (Wildman–Crippen MR) is 82.6 cm³/mol. The van der Waals surface area contributed by atoms with Crippen molar-refractivity contribution in [3.05, 3.63) is 42.1 Å². The number of nitrogens with zero attached hydrogens (tertiary/aromatic N) is 2. The van der Waals surface area contributed by atoms with Crippen molar-refractivity contribution in [3.8, 4) is 0 Å². The number of likely N-dealkylation sites (N-methyl/N-ethyl adjacent to an activating group) is 1. The van der Waals surface area contributed by atoms with Crippen LogP contribution in [0.3, 0.4) is 0 Å². The minimum absolute atomic E-state index is 0.206. The van der Waals surface area contributed by atoms with Crippen LogP contribution in [0, 0.1) is 0 Å². The summed E-state index contributed by atoms with van der Waals surface area (Å²) in [5.74, 6) is 0. The number of benzene rings is 1. The number of hydrogen-bond acceptors (Lipinski definition) is 4. The number of nitrogens with one attached hydrogen (secondary N) is 1. The molecule has 2 aromatic rings. The first-order valence-corrected chi connectivity index (χ1v) is 7.05. The second kappa shape index (κ2) is 7.33. The highest BCUT2D eigenvalue weighted by molar-refractivity contribution is 5.78. The Hall–Kier alpha value is -1.49. The van der Waals surface area contributed by atoms with Crippen molar-refractivity contribution in [1.82, 2.24) is 15.2 Å². The Morgan fingerprint density at radius 3 is 2.95 bits per heavy atom. The van der Waals surface area contributed by atoms with Gasteiger partial charge in [0, 0.05) is 37.3 Å². The Balaban J connectivity index is 1.88. The van der Waals surface area contributed by atoms with Crippen molar-refractivity contribution in [1.29, 1.82) is 0 Å². The molecule has 4 heteroatoms. The molecule has 0 spiro atoms. The summed E-state index contributed by atoms with van der Waals surface area (Å²) < 4.78 is 0. The molecule has 2 N–H and O–H groups in total. The molecule has 0 saturated heterocycles. The van der Waals surface area contributed by atoms with Gasteiger partial charge in [-0.1, -0.05) is 18.2 Å². The number of rotatable bonds is 7. The summed E-state index contributed by atoms with van der Waals surface area (Å²) in [6, 6.07) is 10.7. The highest BCUT2D eigenvalue weighted by Gasteiger charge is 2.06. The van der Waals surface area contributed by atoms with Gasteiger partial charge in [0.2, 0.25) is 0 Å². The molecular weight excluding hydrogens is 250 g/mol.